The summed E-state index contributed by atoms with van der Waals surface area (Å²) in [5.41, 5.74) is -0.279. The molecule has 0 N–H and O–H groups in total. The summed E-state index contributed by atoms with van der Waals surface area (Å²) in [6.07, 6.45) is 1.03. The largest absolute Gasteiger partial charge is 0.379 e. The number of rotatable bonds is 7. The summed E-state index contributed by atoms with van der Waals surface area (Å²) >= 11 is 0. The topological polar surface area (TPSA) is 42.2 Å². The second kappa shape index (κ2) is 6.80. The lowest BCUT2D eigenvalue weighted by Crippen LogP contribution is -2.14. The minimum Gasteiger partial charge on any atom is -0.379 e. The van der Waals surface area contributed by atoms with E-state index >= 15 is 0 Å². The first kappa shape index (κ1) is 13.4. The van der Waals surface area contributed by atoms with Crippen LogP contribution >= 0.6 is 0 Å². The molecule has 0 fully saturated rings. The first-order valence-electron chi connectivity index (χ1n) is 5.08. The zero-order chi connectivity index (χ0) is 11.0. The van der Waals surface area contributed by atoms with Gasteiger partial charge in [-0.25, -0.2) is 0 Å². The molecule has 0 atom stereocenters. The Hall–Kier alpha value is -0.590. The maximum absolute atomic E-state index is 8.74. The predicted octanol–water partition coefficient (Wildman–Crippen LogP) is 2.37. The standard InChI is InChI=1S/C11H21NO2/c1-10(2)14-8-7-13-6-5-11(3,4)9-12/h10H,5-8H2,1-4H3. The van der Waals surface area contributed by atoms with Crippen molar-refractivity contribution < 1.29 is 9.47 Å². The summed E-state index contributed by atoms with van der Waals surface area (Å²) in [5.74, 6) is 0. The van der Waals surface area contributed by atoms with Crippen molar-refractivity contribution in [2.75, 3.05) is 19.8 Å². The minimum atomic E-state index is -0.279. The average Bonchev–Trinajstić information content (AvgIpc) is 2.10. The van der Waals surface area contributed by atoms with Gasteiger partial charge in [-0.2, -0.15) is 5.26 Å². The summed E-state index contributed by atoms with van der Waals surface area (Å²) < 4.78 is 10.7. The third-order valence-corrected chi connectivity index (χ3v) is 1.85. The highest BCUT2D eigenvalue weighted by molar-refractivity contribution is 4.91. The molecule has 0 rings (SSSR count). The molecule has 0 amide bonds. The van der Waals surface area contributed by atoms with Gasteiger partial charge in [0.2, 0.25) is 0 Å². The number of nitriles is 1. The molecule has 0 aromatic carbocycles. The van der Waals surface area contributed by atoms with Crippen LogP contribution in [0.1, 0.15) is 34.1 Å². The summed E-state index contributed by atoms with van der Waals surface area (Å²) in [6.45, 7) is 9.70. The Labute approximate surface area is 87.0 Å². The molecule has 3 nitrogen and oxygen atoms in total. The van der Waals surface area contributed by atoms with E-state index in [2.05, 4.69) is 6.07 Å². The lowest BCUT2D eigenvalue weighted by Gasteiger charge is -2.14. The number of hydrogen-bond acceptors (Lipinski definition) is 3. The maximum atomic E-state index is 8.74. The molecule has 0 aromatic rings. The molecular weight excluding hydrogens is 178 g/mol. The maximum Gasteiger partial charge on any atom is 0.0703 e. The van der Waals surface area contributed by atoms with Gasteiger partial charge in [0.05, 0.1) is 30.8 Å². The Morgan fingerprint density at radius 2 is 1.86 bits per heavy atom. The Bertz CT molecular complexity index is 182. The van der Waals surface area contributed by atoms with Gasteiger partial charge in [-0.1, -0.05) is 0 Å². The minimum absolute atomic E-state index is 0.258. The fourth-order valence-corrected chi connectivity index (χ4v) is 0.828. The van der Waals surface area contributed by atoms with E-state index in [0.717, 1.165) is 6.42 Å². The molecule has 14 heavy (non-hydrogen) atoms. The van der Waals surface area contributed by atoms with Gasteiger partial charge in [-0.3, -0.25) is 0 Å². The third-order valence-electron chi connectivity index (χ3n) is 1.85. The highest BCUT2D eigenvalue weighted by Crippen LogP contribution is 2.17. The third kappa shape index (κ3) is 8.03. The van der Waals surface area contributed by atoms with Gasteiger partial charge in [-0.05, 0) is 34.1 Å². The van der Waals surface area contributed by atoms with Crippen molar-refractivity contribution in [1.29, 1.82) is 5.26 Å². The van der Waals surface area contributed by atoms with Crippen LogP contribution in [0.15, 0.2) is 0 Å². The normalized spacial score (nSPS) is 11.7. The quantitative estimate of drug-likeness (QED) is 0.591. The molecule has 0 spiro atoms. The second-order valence-corrected chi connectivity index (χ2v) is 4.28. The van der Waals surface area contributed by atoms with Crippen molar-refractivity contribution in [3.63, 3.8) is 0 Å². The van der Waals surface area contributed by atoms with Crippen LogP contribution in [0.25, 0.3) is 0 Å². The molecular formula is C11H21NO2. The van der Waals surface area contributed by atoms with Crippen LogP contribution < -0.4 is 0 Å². The second-order valence-electron chi connectivity index (χ2n) is 4.28. The molecule has 0 aliphatic heterocycles. The van der Waals surface area contributed by atoms with E-state index in [4.69, 9.17) is 14.7 Å². The monoisotopic (exact) mass is 199 g/mol. The van der Waals surface area contributed by atoms with E-state index in [1.807, 2.05) is 27.7 Å². The predicted molar refractivity (Wildman–Crippen MR) is 55.9 cm³/mol. The van der Waals surface area contributed by atoms with Crippen LogP contribution in [0.4, 0.5) is 0 Å². The summed E-state index contributed by atoms with van der Waals surface area (Å²) in [5, 5.41) is 8.74. The number of ether oxygens (including phenoxy) is 2. The van der Waals surface area contributed by atoms with Gasteiger partial charge in [0, 0.05) is 6.61 Å². The van der Waals surface area contributed by atoms with Gasteiger partial charge in [0.15, 0.2) is 0 Å². The molecule has 0 aliphatic rings. The average molecular weight is 199 g/mol. The van der Waals surface area contributed by atoms with E-state index in [9.17, 15) is 0 Å². The zero-order valence-electron chi connectivity index (χ0n) is 9.67. The van der Waals surface area contributed by atoms with E-state index in [0.29, 0.717) is 19.8 Å². The molecule has 0 aliphatic carbocycles. The number of hydrogen-bond donors (Lipinski definition) is 0. The Kier molecular flexibility index (Phi) is 6.52. The smallest absolute Gasteiger partial charge is 0.0703 e. The van der Waals surface area contributed by atoms with Crippen molar-refractivity contribution in [2.24, 2.45) is 5.41 Å². The van der Waals surface area contributed by atoms with Crippen LogP contribution in [0, 0.1) is 16.7 Å². The van der Waals surface area contributed by atoms with Crippen LogP contribution in [-0.4, -0.2) is 25.9 Å². The molecule has 3 heteroatoms. The highest BCUT2D eigenvalue weighted by atomic mass is 16.5. The van der Waals surface area contributed by atoms with Crippen molar-refractivity contribution in [2.45, 2.75) is 40.2 Å². The molecule has 82 valence electrons. The van der Waals surface area contributed by atoms with Crippen LogP contribution in [0.2, 0.25) is 0 Å². The van der Waals surface area contributed by atoms with Crippen LogP contribution in [0.5, 0.6) is 0 Å². The van der Waals surface area contributed by atoms with E-state index in [-0.39, 0.29) is 11.5 Å². The molecule has 0 saturated carbocycles. The van der Waals surface area contributed by atoms with Gasteiger partial charge < -0.3 is 9.47 Å². The highest BCUT2D eigenvalue weighted by Gasteiger charge is 2.15. The van der Waals surface area contributed by atoms with Crippen molar-refractivity contribution in [3.8, 4) is 6.07 Å². The van der Waals surface area contributed by atoms with Gasteiger partial charge in [-0.15, -0.1) is 0 Å². The summed E-state index contributed by atoms with van der Waals surface area (Å²) in [6, 6.07) is 2.24. The molecule has 0 radical (unpaired) electrons. The van der Waals surface area contributed by atoms with Crippen molar-refractivity contribution >= 4 is 0 Å². The van der Waals surface area contributed by atoms with Gasteiger partial charge >= 0.3 is 0 Å². The first-order chi connectivity index (χ1) is 6.48. The molecule has 0 unspecified atom stereocenters. The summed E-state index contributed by atoms with van der Waals surface area (Å²) in [4.78, 5) is 0. The van der Waals surface area contributed by atoms with Gasteiger partial charge in [0.1, 0.15) is 0 Å². The lowest BCUT2D eigenvalue weighted by atomic mass is 9.92. The van der Waals surface area contributed by atoms with Crippen molar-refractivity contribution in [3.05, 3.63) is 0 Å². The van der Waals surface area contributed by atoms with E-state index in [1.165, 1.54) is 0 Å². The Morgan fingerprint density at radius 1 is 1.21 bits per heavy atom. The fraction of sp³-hybridized carbons (Fsp3) is 0.909. The zero-order valence-corrected chi connectivity index (χ0v) is 9.67. The van der Waals surface area contributed by atoms with Gasteiger partial charge in [0.25, 0.3) is 0 Å². The van der Waals surface area contributed by atoms with E-state index < -0.39 is 0 Å². The van der Waals surface area contributed by atoms with Crippen LogP contribution in [-0.2, 0) is 9.47 Å². The molecule has 0 aromatic heterocycles. The SMILES string of the molecule is CC(C)OCCOCCC(C)(C)C#N. The van der Waals surface area contributed by atoms with Crippen molar-refractivity contribution in [1.82, 2.24) is 0 Å². The molecule has 0 heterocycles. The lowest BCUT2D eigenvalue weighted by molar-refractivity contribution is 0.0152. The first-order valence-corrected chi connectivity index (χ1v) is 5.08. The summed E-state index contributed by atoms with van der Waals surface area (Å²) in [7, 11) is 0. The molecule has 0 bridgehead atoms. The Balaban J connectivity index is 3.27. The van der Waals surface area contributed by atoms with E-state index in [1.54, 1.807) is 0 Å². The Morgan fingerprint density at radius 3 is 2.36 bits per heavy atom. The van der Waals surface area contributed by atoms with Crippen LogP contribution in [0.3, 0.4) is 0 Å². The fourth-order valence-electron chi connectivity index (χ4n) is 0.828. The molecule has 0 saturated heterocycles. The number of nitrogens with zero attached hydrogens (tertiary/aromatic N) is 1.